The summed E-state index contributed by atoms with van der Waals surface area (Å²) in [5.41, 5.74) is 0.621. The van der Waals surface area contributed by atoms with Crippen molar-refractivity contribution in [2.24, 2.45) is 0 Å². The molecule has 1 aromatic heterocycles. The van der Waals surface area contributed by atoms with Crippen molar-refractivity contribution < 1.29 is 4.79 Å². The minimum Gasteiger partial charge on any atom is -0.298 e. The van der Waals surface area contributed by atoms with Gasteiger partial charge in [-0.05, 0) is 34.7 Å². The van der Waals surface area contributed by atoms with E-state index in [0.717, 1.165) is 9.99 Å². The molecule has 0 bridgehead atoms. The molecule has 0 N–H and O–H groups in total. The van der Waals surface area contributed by atoms with Gasteiger partial charge in [-0.25, -0.2) is 4.98 Å². The molecule has 0 aromatic carbocycles. The standard InChI is InChI=1S/C6H4INO/c7-6-2-1-5(4-9)3-8-6/h1-4H. The molecule has 0 saturated heterocycles. The average Bonchev–Trinajstić information content (AvgIpc) is 1.90. The molecule has 9 heavy (non-hydrogen) atoms. The van der Waals surface area contributed by atoms with Gasteiger partial charge in [-0.15, -0.1) is 0 Å². The third kappa shape index (κ3) is 1.74. The topological polar surface area (TPSA) is 30.0 Å². The predicted molar refractivity (Wildman–Crippen MR) is 42.3 cm³/mol. The number of hydrogen-bond donors (Lipinski definition) is 0. The molecule has 3 heteroatoms. The third-order valence-corrected chi connectivity index (χ3v) is 1.52. The lowest BCUT2D eigenvalue weighted by molar-refractivity contribution is 0.112. The molecular weight excluding hydrogens is 229 g/mol. The molecule has 1 heterocycles. The number of pyridine rings is 1. The first-order valence-corrected chi connectivity index (χ1v) is 3.47. The fourth-order valence-corrected chi connectivity index (χ4v) is 0.776. The zero-order valence-corrected chi connectivity index (χ0v) is 6.70. The van der Waals surface area contributed by atoms with Crippen LogP contribution < -0.4 is 0 Å². The van der Waals surface area contributed by atoms with Gasteiger partial charge in [0.1, 0.15) is 3.70 Å². The molecule has 0 aliphatic carbocycles. The Bertz CT molecular complexity index is 207. The minimum atomic E-state index is 0.621. The van der Waals surface area contributed by atoms with Crippen LogP contribution in [0.1, 0.15) is 10.4 Å². The highest BCUT2D eigenvalue weighted by Crippen LogP contribution is 1.99. The van der Waals surface area contributed by atoms with E-state index in [0.29, 0.717) is 5.56 Å². The Hall–Kier alpha value is -0.450. The Morgan fingerprint density at radius 3 is 2.78 bits per heavy atom. The van der Waals surface area contributed by atoms with Crippen molar-refractivity contribution in [2.75, 3.05) is 0 Å². The van der Waals surface area contributed by atoms with Crippen LogP contribution in [-0.2, 0) is 0 Å². The van der Waals surface area contributed by atoms with Crippen molar-refractivity contribution in [1.82, 2.24) is 4.98 Å². The first kappa shape index (κ1) is 6.67. The Morgan fingerprint density at radius 2 is 2.33 bits per heavy atom. The van der Waals surface area contributed by atoms with Gasteiger partial charge in [0.2, 0.25) is 0 Å². The largest absolute Gasteiger partial charge is 0.298 e. The summed E-state index contributed by atoms with van der Waals surface area (Å²) in [5.74, 6) is 0. The van der Waals surface area contributed by atoms with E-state index >= 15 is 0 Å². The molecular formula is C6H4INO. The van der Waals surface area contributed by atoms with Crippen molar-refractivity contribution in [2.45, 2.75) is 0 Å². The molecule has 0 fully saturated rings. The molecule has 0 aliphatic rings. The van der Waals surface area contributed by atoms with Gasteiger partial charge < -0.3 is 0 Å². The number of halogens is 1. The molecule has 0 radical (unpaired) electrons. The summed E-state index contributed by atoms with van der Waals surface area (Å²) in [4.78, 5) is 14.0. The number of hydrogen-bond acceptors (Lipinski definition) is 2. The van der Waals surface area contributed by atoms with E-state index in [1.807, 2.05) is 0 Å². The highest BCUT2D eigenvalue weighted by molar-refractivity contribution is 14.1. The molecule has 2 nitrogen and oxygen atoms in total. The number of aldehydes is 1. The average molecular weight is 233 g/mol. The first-order valence-electron chi connectivity index (χ1n) is 2.39. The molecule has 1 rings (SSSR count). The minimum absolute atomic E-state index is 0.621. The smallest absolute Gasteiger partial charge is 0.151 e. The zero-order valence-electron chi connectivity index (χ0n) is 4.54. The van der Waals surface area contributed by atoms with Crippen LogP contribution in [0.4, 0.5) is 0 Å². The predicted octanol–water partition coefficient (Wildman–Crippen LogP) is 1.50. The van der Waals surface area contributed by atoms with Crippen molar-refractivity contribution in [1.29, 1.82) is 0 Å². The quantitative estimate of drug-likeness (QED) is 0.418. The highest BCUT2D eigenvalue weighted by atomic mass is 127. The maximum Gasteiger partial charge on any atom is 0.151 e. The molecule has 0 amide bonds. The lowest BCUT2D eigenvalue weighted by atomic mass is 10.3. The summed E-state index contributed by atoms with van der Waals surface area (Å²) in [7, 11) is 0. The van der Waals surface area contributed by atoms with E-state index in [-0.39, 0.29) is 0 Å². The summed E-state index contributed by atoms with van der Waals surface area (Å²) in [6, 6.07) is 3.53. The van der Waals surface area contributed by atoms with Crippen LogP contribution >= 0.6 is 22.6 Å². The molecule has 0 spiro atoms. The lowest BCUT2D eigenvalue weighted by Crippen LogP contribution is -1.82. The summed E-state index contributed by atoms with van der Waals surface area (Å²) in [6.45, 7) is 0. The van der Waals surface area contributed by atoms with Crippen LogP contribution in [0, 0.1) is 3.70 Å². The Balaban J connectivity index is 3.01. The maximum atomic E-state index is 10.1. The molecule has 0 atom stereocenters. The van der Waals surface area contributed by atoms with Crippen LogP contribution in [-0.4, -0.2) is 11.3 Å². The maximum absolute atomic E-state index is 10.1. The van der Waals surface area contributed by atoms with E-state index in [2.05, 4.69) is 27.6 Å². The molecule has 0 saturated carbocycles. The number of nitrogens with zero attached hydrogens (tertiary/aromatic N) is 1. The second-order valence-electron chi connectivity index (χ2n) is 1.53. The summed E-state index contributed by atoms with van der Waals surface area (Å²) in [6.07, 6.45) is 2.33. The summed E-state index contributed by atoms with van der Waals surface area (Å²) < 4.78 is 0.901. The molecule has 46 valence electrons. The second kappa shape index (κ2) is 2.91. The summed E-state index contributed by atoms with van der Waals surface area (Å²) in [5, 5.41) is 0. The second-order valence-corrected chi connectivity index (χ2v) is 2.64. The summed E-state index contributed by atoms with van der Waals surface area (Å²) >= 11 is 2.09. The van der Waals surface area contributed by atoms with Gasteiger partial charge in [-0.3, -0.25) is 4.79 Å². The van der Waals surface area contributed by atoms with Crippen LogP contribution in [0.25, 0.3) is 0 Å². The molecule has 0 aliphatic heterocycles. The van der Waals surface area contributed by atoms with E-state index in [4.69, 9.17) is 0 Å². The van der Waals surface area contributed by atoms with Crippen LogP contribution in [0.15, 0.2) is 18.3 Å². The Kier molecular flexibility index (Phi) is 2.16. The SMILES string of the molecule is O=Cc1ccc(I)nc1. The van der Waals surface area contributed by atoms with Crippen molar-refractivity contribution in [3.63, 3.8) is 0 Å². The number of carbonyl (C=O) groups is 1. The van der Waals surface area contributed by atoms with Crippen molar-refractivity contribution in [3.05, 3.63) is 27.6 Å². The zero-order chi connectivity index (χ0) is 6.69. The van der Waals surface area contributed by atoms with Gasteiger partial charge in [-0.2, -0.15) is 0 Å². The fourth-order valence-electron chi connectivity index (χ4n) is 0.457. The normalized spacial score (nSPS) is 9.00. The Morgan fingerprint density at radius 1 is 1.56 bits per heavy atom. The molecule has 0 unspecified atom stereocenters. The van der Waals surface area contributed by atoms with E-state index in [1.54, 1.807) is 18.3 Å². The van der Waals surface area contributed by atoms with Gasteiger partial charge in [-0.1, -0.05) is 0 Å². The van der Waals surface area contributed by atoms with Gasteiger partial charge in [0.05, 0.1) is 0 Å². The van der Waals surface area contributed by atoms with Gasteiger partial charge >= 0.3 is 0 Å². The number of rotatable bonds is 1. The van der Waals surface area contributed by atoms with E-state index in [1.165, 1.54) is 0 Å². The highest BCUT2D eigenvalue weighted by Gasteiger charge is 1.87. The number of carbonyl (C=O) groups excluding carboxylic acids is 1. The van der Waals surface area contributed by atoms with Gasteiger partial charge in [0, 0.05) is 11.8 Å². The Labute approximate surface area is 66.4 Å². The van der Waals surface area contributed by atoms with Gasteiger partial charge in [0.25, 0.3) is 0 Å². The van der Waals surface area contributed by atoms with E-state index in [9.17, 15) is 4.79 Å². The van der Waals surface area contributed by atoms with E-state index < -0.39 is 0 Å². The van der Waals surface area contributed by atoms with Crippen LogP contribution in [0.2, 0.25) is 0 Å². The fraction of sp³-hybridized carbons (Fsp3) is 0. The molecule has 1 aromatic rings. The first-order chi connectivity index (χ1) is 4.33. The lowest BCUT2D eigenvalue weighted by Gasteiger charge is -1.87. The van der Waals surface area contributed by atoms with Crippen molar-refractivity contribution >= 4 is 28.9 Å². The monoisotopic (exact) mass is 233 g/mol. The van der Waals surface area contributed by atoms with Crippen LogP contribution in [0.3, 0.4) is 0 Å². The van der Waals surface area contributed by atoms with Crippen molar-refractivity contribution in [3.8, 4) is 0 Å². The third-order valence-electron chi connectivity index (χ3n) is 0.886. The van der Waals surface area contributed by atoms with Gasteiger partial charge in [0.15, 0.2) is 6.29 Å². The van der Waals surface area contributed by atoms with Crippen LogP contribution in [0.5, 0.6) is 0 Å². The number of aromatic nitrogens is 1.